The summed E-state index contributed by atoms with van der Waals surface area (Å²) in [6, 6.07) is 0.214. The summed E-state index contributed by atoms with van der Waals surface area (Å²) in [5.74, 6) is 0.154. The average Bonchev–Trinajstić information content (AvgIpc) is 3.09. The molecule has 0 radical (unpaired) electrons. The van der Waals surface area contributed by atoms with E-state index in [0.717, 1.165) is 12.8 Å². The van der Waals surface area contributed by atoms with Gasteiger partial charge in [-0.2, -0.15) is 0 Å². The lowest BCUT2D eigenvalue weighted by atomic mass is 9.93. The lowest BCUT2D eigenvalue weighted by Gasteiger charge is -2.37. The summed E-state index contributed by atoms with van der Waals surface area (Å²) >= 11 is 0. The smallest absolute Gasteiger partial charge is 0.329 e. The van der Waals surface area contributed by atoms with Crippen LogP contribution in [0.5, 0.6) is 0 Å². The highest BCUT2D eigenvalue weighted by molar-refractivity contribution is 5.82. The van der Waals surface area contributed by atoms with Gasteiger partial charge < -0.3 is 14.2 Å². The lowest BCUT2D eigenvalue weighted by Crippen LogP contribution is -2.61. The molecule has 1 heterocycles. The molecule has 0 bridgehead atoms. The summed E-state index contributed by atoms with van der Waals surface area (Å²) in [7, 11) is 0. The van der Waals surface area contributed by atoms with Gasteiger partial charge in [-0.25, -0.2) is 4.79 Å². The van der Waals surface area contributed by atoms with Gasteiger partial charge in [0.2, 0.25) is 0 Å². The molecule has 1 atom stereocenters. The number of hydrogen-bond donors (Lipinski definition) is 1. The third kappa shape index (κ3) is 3.46. The molecule has 2 fully saturated rings. The first-order valence-corrected chi connectivity index (χ1v) is 7.22. The van der Waals surface area contributed by atoms with Gasteiger partial charge in [0.05, 0.1) is 26.4 Å². The molecule has 1 saturated carbocycles. The number of ether oxygens (including phenoxy) is 3. The fourth-order valence-electron chi connectivity index (χ4n) is 2.47. The molecule has 1 aliphatic heterocycles. The Labute approximate surface area is 115 Å². The van der Waals surface area contributed by atoms with E-state index in [1.54, 1.807) is 0 Å². The molecule has 5 nitrogen and oxygen atoms in total. The van der Waals surface area contributed by atoms with Gasteiger partial charge in [0.15, 0.2) is 0 Å². The monoisotopic (exact) mass is 271 g/mol. The van der Waals surface area contributed by atoms with Gasteiger partial charge in [-0.3, -0.25) is 5.32 Å². The van der Waals surface area contributed by atoms with Gasteiger partial charge >= 0.3 is 5.97 Å². The van der Waals surface area contributed by atoms with Crippen LogP contribution >= 0.6 is 0 Å². The van der Waals surface area contributed by atoms with Gasteiger partial charge in [-0.15, -0.1) is 0 Å². The van der Waals surface area contributed by atoms with Crippen molar-refractivity contribution in [2.24, 2.45) is 5.92 Å². The quantitative estimate of drug-likeness (QED) is 0.670. The number of carbonyl (C=O) groups excluding carboxylic acids is 1. The highest BCUT2D eigenvalue weighted by atomic mass is 16.6. The van der Waals surface area contributed by atoms with Crippen molar-refractivity contribution in [2.75, 3.05) is 26.4 Å². The molecule has 1 aliphatic carbocycles. The Bertz CT molecular complexity index is 313. The summed E-state index contributed by atoms with van der Waals surface area (Å²) in [5, 5.41) is 3.40. The minimum Gasteiger partial charge on any atom is -0.465 e. The Morgan fingerprint density at radius 2 is 2.11 bits per heavy atom. The summed E-state index contributed by atoms with van der Waals surface area (Å²) in [6.07, 6.45) is 2.24. The molecule has 19 heavy (non-hydrogen) atoms. The van der Waals surface area contributed by atoms with Gasteiger partial charge in [0.25, 0.3) is 0 Å². The molecule has 0 aromatic carbocycles. The molecule has 5 heteroatoms. The van der Waals surface area contributed by atoms with Crippen molar-refractivity contribution in [2.45, 2.75) is 51.3 Å². The molecule has 0 aromatic rings. The first kappa shape index (κ1) is 14.8. The van der Waals surface area contributed by atoms with Crippen molar-refractivity contribution in [1.29, 1.82) is 0 Å². The normalized spacial score (nSPS) is 22.9. The van der Waals surface area contributed by atoms with Crippen LogP contribution in [0.2, 0.25) is 0 Å². The first-order valence-electron chi connectivity index (χ1n) is 7.22. The topological polar surface area (TPSA) is 56.8 Å². The largest absolute Gasteiger partial charge is 0.465 e. The van der Waals surface area contributed by atoms with Crippen LogP contribution in [-0.2, 0) is 19.0 Å². The zero-order chi connectivity index (χ0) is 13.9. The van der Waals surface area contributed by atoms with Crippen LogP contribution in [0.1, 0.15) is 33.6 Å². The molecular formula is C14H25NO4. The van der Waals surface area contributed by atoms with Crippen LogP contribution in [0.25, 0.3) is 0 Å². The van der Waals surface area contributed by atoms with E-state index in [0.29, 0.717) is 32.3 Å². The summed E-state index contributed by atoms with van der Waals surface area (Å²) in [5.41, 5.74) is -0.681. The Kier molecular flexibility index (Phi) is 4.81. The second kappa shape index (κ2) is 6.20. The highest BCUT2D eigenvalue weighted by Crippen LogP contribution is 2.41. The Hall–Kier alpha value is -0.650. The molecular weight excluding hydrogens is 246 g/mol. The maximum Gasteiger partial charge on any atom is 0.329 e. The van der Waals surface area contributed by atoms with E-state index in [9.17, 15) is 4.79 Å². The maximum absolute atomic E-state index is 12.4. The lowest BCUT2D eigenvalue weighted by molar-refractivity contribution is -0.169. The summed E-state index contributed by atoms with van der Waals surface area (Å²) in [6.45, 7) is 7.97. The van der Waals surface area contributed by atoms with Crippen LogP contribution < -0.4 is 5.32 Å². The SMILES string of the molecule is CCOC(=O)C(COC1COC1)(NC(C)C)C1CC1. The van der Waals surface area contributed by atoms with Crippen LogP contribution in [0.4, 0.5) is 0 Å². The van der Waals surface area contributed by atoms with Crippen molar-refractivity contribution in [3.63, 3.8) is 0 Å². The van der Waals surface area contributed by atoms with E-state index in [1.165, 1.54) is 0 Å². The Morgan fingerprint density at radius 3 is 2.53 bits per heavy atom. The van der Waals surface area contributed by atoms with Gasteiger partial charge in [-0.1, -0.05) is 0 Å². The molecule has 1 unspecified atom stereocenters. The summed E-state index contributed by atoms with van der Waals surface area (Å²) in [4.78, 5) is 12.4. The predicted octanol–water partition coefficient (Wildman–Crippen LogP) is 1.11. The third-order valence-electron chi connectivity index (χ3n) is 3.61. The average molecular weight is 271 g/mol. The Balaban J connectivity index is 2.05. The number of hydrogen-bond acceptors (Lipinski definition) is 5. The first-order chi connectivity index (χ1) is 9.08. The molecule has 110 valence electrons. The fraction of sp³-hybridized carbons (Fsp3) is 0.929. The van der Waals surface area contributed by atoms with Crippen molar-refractivity contribution in [3.8, 4) is 0 Å². The third-order valence-corrected chi connectivity index (χ3v) is 3.61. The van der Waals surface area contributed by atoms with Crippen LogP contribution in [-0.4, -0.2) is 50.1 Å². The van der Waals surface area contributed by atoms with Crippen LogP contribution in [0.3, 0.4) is 0 Å². The number of esters is 1. The van der Waals surface area contributed by atoms with E-state index in [4.69, 9.17) is 14.2 Å². The van der Waals surface area contributed by atoms with E-state index >= 15 is 0 Å². The highest BCUT2D eigenvalue weighted by Gasteiger charge is 2.53. The van der Waals surface area contributed by atoms with E-state index in [-0.39, 0.29) is 18.1 Å². The minimum atomic E-state index is -0.681. The molecule has 1 saturated heterocycles. The van der Waals surface area contributed by atoms with Crippen molar-refractivity contribution < 1.29 is 19.0 Å². The van der Waals surface area contributed by atoms with Gasteiger partial charge in [0.1, 0.15) is 11.6 Å². The second-order valence-electron chi connectivity index (χ2n) is 5.74. The van der Waals surface area contributed by atoms with E-state index in [1.807, 2.05) is 20.8 Å². The predicted molar refractivity (Wildman–Crippen MR) is 70.9 cm³/mol. The Morgan fingerprint density at radius 1 is 1.42 bits per heavy atom. The van der Waals surface area contributed by atoms with E-state index < -0.39 is 5.54 Å². The standard InChI is InChI=1S/C14H25NO4/c1-4-18-13(16)14(11-5-6-11,15-10(2)3)9-19-12-7-17-8-12/h10-12,15H,4-9H2,1-3H3. The maximum atomic E-state index is 12.4. The minimum absolute atomic E-state index is 0.126. The van der Waals surface area contributed by atoms with Gasteiger partial charge in [-0.05, 0) is 39.5 Å². The van der Waals surface area contributed by atoms with Crippen LogP contribution in [0.15, 0.2) is 0 Å². The van der Waals surface area contributed by atoms with Crippen LogP contribution in [0, 0.1) is 5.92 Å². The molecule has 0 spiro atoms. The summed E-state index contributed by atoms with van der Waals surface area (Å²) < 4.78 is 16.2. The van der Waals surface area contributed by atoms with Crippen molar-refractivity contribution >= 4 is 5.97 Å². The number of nitrogens with one attached hydrogen (secondary N) is 1. The van der Waals surface area contributed by atoms with Gasteiger partial charge in [0, 0.05) is 6.04 Å². The fourth-order valence-corrected chi connectivity index (χ4v) is 2.47. The van der Waals surface area contributed by atoms with Crippen molar-refractivity contribution in [1.82, 2.24) is 5.32 Å². The second-order valence-corrected chi connectivity index (χ2v) is 5.74. The zero-order valence-corrected chi connectivity index (χ0v) is 12.1. The molecule has 0 amide bonds. The zero-order valence-electron chi connectivity index (χ0n) is 12.1. The molecule has 2 aliphatic rings. The number of rotatable bonds is 8. The number of carbonyl (C=O) groups is 1. The van der Waals surface area contributed by atoms with Crippen molar-refractivity contribution in [3.05, 3.63) is 0 Å². The molecule has 1 N–H and O–H groups in total. The molecule has 2 rings (SSSR count). The van der Waals surface area contributed by atoms with E-state index in [2.05, 4.69) is 5.32 Å². The molecule has 0 aromatic heterocycles.